The van der Waals surface area contributed by atoms with Gasteiger partial charge in [0.1, 0.15) is 5.15 Å². The van der Waals surface area contributed by atoms with Gasteiger partial charge in [0.2, 0.25) is 0 Å². The summed E-state index contributed by atoms with van der Waals surface area (Å²) in [5, 5.41) is 14.1. The van der Waals surface area contributed by atoms with Crippen LogP contribution in [-0.4, -0.2) is 27.5 Å². The Kier molecular flexibility index (Phi) is 3.30. The van der Waals surface area contributed by atoms with Crippen molar-refractivity contribution in [2.24, 2.45) is 12.8 Å². The van der Waals surface area contributed by atoms with Crippen LogP contribution in [0.25, 0.3) is 0 Å². The third-order valence-electron chi connectivity index (χ3n) is 1.98. The van der Waals surface area contributed by atoms with E-state index < -0.39 is 6.10 Å². The van der Waals surface area contributed by atoms with Gasteiger partial charge < -0.3 is 10.8 Å². The van der Waals surface area contributed by atoms with Crippen LogP contribution in [0.4, 0.5) is 0 Å². The second kappa shape index (κ2) is 4.09. The molecule has 4 nitrogen and oxygen atoms in total. The predicted molar refractivity (Wildman–Crippen MR) is 51.7 cm³/mol. The number of hydrogen-bond acceptors (Lipinski definition) is 3. The van der Waals surface area contributed by atoms with E-state index >= 15 is 0 Å². The highest BCUT2D eigenvalue weighted by molar-refractivity contribution is 6.30. The molecule has 1 unspecified atom stereocenters. The molecule has 0 spiro atoms. The van der Waals surface area contributed by atoms with E-state index in [1.54, 1.807) is 11.7 Å². The summed E-state index contributed by atoms with van der Waals surface area (Å²) in [7, 11) is 1.77. The molecular weight excluding hydrogens is 190 g/mol. The normalized spacial score (nSPS) is 13.3. The Labute approximate surface area is 82.3 Å². The van der Waals surface area contributed by atoms with Crippen LogP contribution in [0.15, 0.2) is 0 Å². The van der Waals surface area contributed by atoms with E-state index in [0.717, 1.165) is 11.3 Å². The smallest absolute Gasteiger partial charge is 0.130 e. The molecule has 0 aliphatic heterocycles. The Hall–Kier alpha value is -0.580. The standard InChI is InChI=1S/C8H14ClN3O/c1-5-7(3-6(13)4-10)8(9)12(2)11-5/h6,13H,3-4,10H2,1-2H3. The summed E-state index contributed by atoms with van der Waals surface area (Å²) < 4.78 is 1.59. The van der Waals surface area contributed by atoms with Gasteiger partial charge in [-0.25, -0.2) is 0 Å². The molecule has 13 heavy (non-hydrogen) atoms. The van der Waals surface area contributed by atoms with Crippen LogP contribution in [0.3, 0.4) is 0 Å². The molecule has 0 aliphatic rings. The number of aliphatic hydroxyl groups is 1. The molecule has 74 valence electrons. The first-order valence-corrected chi connectivity index (χ1v) is 4.50. The average Bonchev–Trinajstić information content (AvgIpc) is 2.32. The first kappa shape index (κ1) is 10.5. The lowest BCUT2D eigenvalue weighted by molar-refractivity contribution is 0.183. The van der Waals surface area contributed by atoms with Crippen molar-refractivity contribution in [2.45, 2.75) is 19.4 Å². The van der Waals surface area contributed by atoms with Crippen LogP contribution in [0.2, 0.25) is 5.15 Å². The summed E-state index contributed by atoms with van der Waals surface area (Å²) >= 11 is 5.96. The number of rotatable bonds is 3. The van der Waals surface area contributed by atoms with Crippen LogP contribution in [0.5, 0.6) is 0 Å². The van der Waals surface area contributed by atoms with Gasteiger partial charge in [-0.2, -0.15) is 5.10 Å². The molecule has 1 heterocycles. The SMILES string of the molecule is Cc1nn(C)c(Cl)c1CC(O)CN. The van der Waals surface area contributed by atoms with Crippen LogP contribution in [0.1, 0.15) is 11.3 Å². The zero-order chi connectivity index (χ0) is 10.0. The van der Waals surface area contributed by atoms with Crippen LogP contribution >= 0.6 is 11.6 Å². The summed E-state index contributed by atoms with van der Waals surface area (Å²) in [6, 6.07) is 0. The third-order valence-corrected chi connectivity index (χ3v) is 2.45. The fourth-order valence-corrected chi connectivity index (χ4v) is 1.48. The summed E-state index contributed by atoms with van der Waals surface area (Å²) in [6.07, 6.45) is -0.0740. The third kappa shape index (κ3) is 2.21. The maximum atomic E-state index is 9.35. The van der Waals surface area contributed by atoms with Crippen molar-refractivity contribution < 1.29 is 5.11 Å². The molecule has 0 saturated carbocycles. The Morgan fingerprint density at radius 2 is 2.31 bits per heavy atom. The summed E-state index contributed by atoms with van der Waals surface area (Å²) in [5.41, 5.74) is 7.03. The molecule has 0 aliphatic carbocycles. The number of aliphatic hydroxyl groups excluding tert-OH is 1. The lowest BCUT2D eigenvalue weighted by Crippen LogP contribution is -2.22. The van der Waals surface area contributed by atoms with Crippen molar-refractivity contribution in [3.8, 4) is 0 Å². The number of hydrogen-bond donors (Lipinski definition) is 2. The first-order chi connectivity index (χ1) is 6.06. The first-order valence-electron chi connectivity index (χ1n) is 4.12. The number of nitrogens with two attached hydrogens (primary N) is 1. The highest BCUT2D eigenvalue weighted by atomic mass is 35.5. The van der Waals surface area contributed by atoms with E-state index in [4.69, 9.17) is 17.3 Å². The van der Waals surface area contributed by atoms with Gasteiger partial charge in [0.05, 0.1) is 11.8 Å². The van der Waals surface area contributed by atoms with Crippen molar-refractivity contribution in [2.75, 3.05) is 6.54 Å². The van der Waals surface area contributed by atoms with E-state index in [1.807, 2.05) is 6.92 Å². The topological polar surface area (TPSA) is 64.1 Å². The Morgan fingerprint density at radius 3 is 2.69 bits per heavy atom. The van der Waals surface area contributed by atoms with Gasteiger partial charge in [-0.05, 0) is 6.92 Å². The maximum absolute atomic E-state index is 9.35. The predicted octanol–water partition coefficient (Wildman–Crippen LogP) is 0.244. The number of aromatic nitrogens is 2. The molecule has 0 amide bonds. The van der Waals surface area contributed by atoms with E-state index in [9.17, 15) is 5.11 Å². The van der Waals surface area contributed by atoms with Crippen LogP contribution in [0, 0.1) is 6.92 Å². The molecule has 1 rings (SSSR count). The quantitative estimate of drug-likeness (QED) is 0.740. The lowest BCUT2D eigenvalue weighted by Gasteiger charge is -2.06. The molecule has 0 fully saturated rings. The summed E-state index contributed by atoms with van der Waals surface area (Å²) in [6.45, 7) is 2.11. The van der Waals surface area contributed by atoms with Crippen molar-refractivity contribution >= 4 is 11.6 Å². The molecule has 0 saturated heterocycles. The van der Waals surface area contributed by atoms with Crippen molar-refractivity contribution in [1.29, 1.82) is 0 Å². The summed E-state index contributed by atoms with van der Waals surface area (Å²) in [4.78, 5) is 0. The van der Waals surface area contributed by atoms with E-state index in [-0.39, 0.29) is 6.54 Å². The number of halogens is 1. The molecule has 0 radical (unpaired) electrons. The molecule has 1 atom stereocenters. The second-order valence-corrected chi connectivity index (χ2v) is 3.43. The van der Waals surface area contributed by atoms with Crippen molar-refractivity contribution in [1.82, 2.24) is 9.78 Å². The van der Waals surface area contributed by atoms with Gasteiger partial charge in [-0.3, -0.25) is 4.68 Å². The Balaban J connectivity index is 2.87. The van der Waals surface area contributed by atoms with E-state index in [2.05, 4.69) is 5.10 Å². The highest BCUT2D eigenvalue weighted by Gasteiger charge is 2.14. The van der Waals surface area contributed by atoms with Gasteiger partial charge in [0, 0.05) is 25.6 Å². The minimum Gasteiger partial charge on any atom is -0.391 e. The zero-order valence-corrected chi connectivity index (χ0v) is 8.54. The monoisotopic (exact) mass is 203 g/mol. The minimum atomic E-state index is -0.541. The number of nitrogens with zero attached hydrogens (tertiary/aromatic N) is 2. The van der Waals surface area contributed by atoms with Crippen LogP contribution < -0.4 is 5.73 Å². The molecule has 1 aromatic rings. The minimum absolute atomic E-state index is 0.241. The second-order valence-electron chi connectivity index (χ2n) is 3.07. The van der Waals surface area contributed by atoms with E-state index in [1.165, 1.54) is 0 Å². The Bertz CT molecular complexity index is 298. The average molecular weight is 204 g/mol. The van der Waals surface area contributed by atoms with Gasteiger partial charge >= 0.3 is 0 Å². The Morgan fingerprint density at radius 1 is 1.69 bits per heavy atom. The molecular formula is C8H14ClN3O. The van der Waals surface area contributed by atoms with Gasteiger partial charge in [-0.15, -0.1) is 0 Å². The van der Waals surface area contributed by atoms with Crippen LogP contribution in [-0.2, 0) is 13.5 Å². The molecule has 5 heteroatoms. The largest absolute Gasteiger partial charge is 0.391 e. The fourth-order valence-electron chi connectivity index (χ4n) is 1.22. The zero-order valence-electron chi connectivity index (χ0n) is 7.79. The van der Waals surface area contributed by atoms with E-state index in [0.29, 0.717) is 11.6 Å². The van der Waals surface area contributed by atoms with Gasteiger partial charge in [-0.1, -0.05) is 11.6 Å². The molecule has 0 aromatic carbocycles. The fraction of sp³-hybridized carbons (Fsp3) is 0.625. The van der Waals surface area contributed by atoms with Gasteiger partial charge in [0.25, 0.3) is 0 Å². The maximum Gasteiger partial charge on any atom is 0.130 e. The molecule has 1 aromatic heterocycles. The molecule has 3 N–H and O–H groups in total. The van der Waals surface area contributed by atoms with Crippen molar-refractivity contribution in [3.05, 3.63) is 16.4 Å². The highest BCUT2D eigenvalue weighted by Crippen LogP contribution is 2.19. The number of aryl methyl sites for hydroxylation is 2. The lowest BCUT2D eigenvalue weighted by atomic mass is 10.1. The summed E-state index contributed by atoms with van der Waals surface area (Å²) in [5.74, 6) is 0. The van der Waals surface area contributed by atoms with Gasteiger partial charge in [0.15, 0.2) is 0 Å². The van der Waals surface area contributed by atoms with Crippen molar-refractivity contribution in [3.63, 3.8) is 0 Å². The molecule has 0 bridgehead atoms.